The van der Waals surface area contributed by atoms with Gasteiger partial charge in [0.25, 0.3) is 5.91 Å². The molecule has 5 heteroatoms. The molecule has 0 radical (unpaired) electrons. The van der Waals surface area contributed by atoms with Gasteiger partial charge in [-0.15, -0.1) is 0 Å². The zero-order valence-electron chi connectivity index (χ0n) is 7.90. The van der Waals surface area contributed by atoms with Crippen molar-refractivity contribution in [3.05, 3.63) is 0 Å². The summed E-state index contributed by atoms with van der Waals surface area (Å²) in [5.74, 6) is -0.494. The smallest absolute Gasteiger partial charge is 0.316 e. The second-order valence-corrected chi connectivity index (χ2v) is 3.20. The van der Waals surface area contributed by atoms with Gasteiger partial charge in [0.15, 0.2) is 0 Å². The first-order valence-electron chi connectivity index (χ1n) is 4.02. The largest absolute Gasteiger partial charge is 0.327 e. The number of hydrogen-bond donors (Lipinski definition) is 0. The number of imide groups is 1. The highest BCUT2D eigenvalue weighted by atomic mass is 16.2. The predicted molar refractivity (Wildman–Crippen MR) is 45.0 cm³/mol. The predicted octanol–water partition coefficient (Wildman–Crippen LogP) is -0.142. The van der Waals surface area contributed by atoms with Gasteiger partial charge in [-0.1, -0.05) is 0 Å². The van der Waals surface area contributed by atoms with Crippen LogP contribution in [0.3, 0.4) is 0 Å². The third-order valence-electron chi connectivity index (χ3n) is 2.12. The summed E-state index contributed by atoms with van der Waals surface area (Å²) in [6.07, 6.45) is 0. The Kier molecular flexibility index (Phi) is 2.36. The average Bonchev–Trinajstić information content (AvgIpc) is 2.22. The molecule has 0 N–H and O–H groups in total. The minimum Gasteiger partial charge on any atom is -0.316 e. The molecule has 72 valence electrons. The molecular formula is C8H12N2O3. The van der Waals surface area contributed by atoms with E-state index in [2.05, 4.69) is 0 Å². The lowest BCUT2D eigenvalue weighted by molar-refractivity contribution is -0.131. The van der Waals surface area contributed by atoms with Crippen LogP contribution in [0.25, 0.3) is 0 Å². The molecule has 0 spiro atoms. The SMILES string of the molecule is CC(=O)CN1C(=O)C(C)N(C)C1=O. The van der Waals surface area contributed by atoms with Crippen molar-refractivity contribution in [1.82, 2.24) is 9.80 Å². The molecule has 0 saturated carbocycles. The number of nitrogens with zero attached hydrogens (tertiary/aromatic N) is 2. The van der Waals surface area contributed by atoms with Crippen LogP contribution in [0.2, 0.25) is 0 Å². The molecule has 5 nitrogen and oxygen atoms in total. The van der Waals surface area contributed by atoms with Crippen LogP contribution >= 0.6 is 0 Å². The Bertz CT molecular complexity index is 255. The summed E-state index contributed by atoms with van der Waals surface area (Å²) in [4.78, 5) is 35.8. The Labute approximate surface area is 76.3 Å². The maximum Gasteiger partial charge on any atom is 0.327 e. The van der Waals surface area contributed by atoms with E-state index in [0.29, 0.717) is 0 Å². The highest BCUT2D eigenvalue weighted by Crippen LogP contribution is 2.14. The highest BCUT2D eigenvalue weighted by molar-refractivity contribution is 6.06. The van der Waals surface area contributed by atoms with Gasteiger partial charge >= 0.3 is 6.03 Å². The highest BCUT2D eigenvalue weighted by Gasteiger charge is 2.40. The van der Waals surface area contributed by atoms with Crippen molar-refractivity contribution in [1.29, 1.82) is 0 Å². The topological polar surface area (TPSA) is 57.7 Å². The number of amides is 3. The molecule has 3 amide bonds. The van der Waals surface area contributed by atoms with Crippen LogP contribution in [0.1, 0.15) is 13.8 Å². The molecule has 13 heavy (non-hydrogen) atoms. The fraction of sp³-hybridized carbons (Fsp3) is 0.625. The van der Waals surface area contributed by atoms with Gasteiger partial charge in [0.2, 0.25) is 0 Å². The molecule has 1 heterocycles. The maximum absolute atomic E-state index is 11.4. The number of ketones is 1. The summed E-state index contributed by atoms with van der Waals surface area (Å²) in [6, 6.07) is -0.848. The van der Waals surface area contributed by atoms with Gasteiger partial charge in [0, 0.05) is 7.05 Å². The summed E-state index contributed by atoms with van der Waals surface area (Å²) in [5.41, 5.74) is 0. The van der Waals surface area contributed by atoms with Crippen LogP contribution in [0, 0.1) is 0 Å². The summed E-state index contributed by atoms with van der Waals surface area (Å²) in [7, 11) is 1.55. The lowest BCUT2D eigenvalue weighted by atomic mass is 10.3. The molecule has 0 aromatic rings. The molecule has 1 unspecified atom stereocenters. The first kappa shape index (κ1) is 9.70. The van der Waals surface area contributed by atoms with Crippen molar-refractivity contribution in [2.45, 2.75) is 19.9 Å². The van der Waals surface area contributed by atoms with Gasteiger partial charge in [0.05, 0.1) is 6.54 Å². The molecule has 1 aliphatic heterocycles. The number of hydrogen-bond acceptors (Lipinski definition) is 3. The van der Waals surface area contributed by atoms with Crippen LogP contribution in [0.5, 0.6) is 0 Å². The van der Waals surface area contributed by atoms with E-state index in [1.54, 1.807) is 14.0 Å². The zero-order chi connectivity index (χ0) is 10.2. The molecule has 1 aliphatic rings. The lowest BCUT2D eigenvalue weighted by Gasteiger charge is -2.11. The summed E-state index contributed by atoms with van der Waals surface area (Å²) < 4.78 is 0. The number of Topliss-reactive ketones (excluding diaryl/α,β-unsaturated/α-hetero) is 1. The fourth-order valence-electron chi connectivity index (χ4n) is 1.21. The van der Waals surface area contributed by atoms with E-state index < -0.39 is 12.1 Å². The zero-order valence-corrected chi connectivity index (χ0v) is 7.90. The van der Waals surface area contributed by atoms with Gasteiger partial charge in [0.1, 0.15) is 11.8 Å². The molecule has 1 fully saturated rings. The van der Waals surface area contributed by atoms with Crippen LogP contribution in [-0.4, -0.2) is 47.2 Å². The normalized spacial score (nSPS) is 22.8. The monoisotopic (exact) mass is 184 g/mol. The molecule has 0 bridgehead atoms. The Balaban J connectivity index is 2.81. The van der Waals surface area contributed by atoms with Crippen molar-refractivity contribution in [3.63, 3.8) is 0 Å². The van der Waals surface area contributed by atoms with E-state index in [9.17, 15) is 14.4 Å². The maximum atomic E-state index is 11.4. The Morgan fingerprint density at radius 3 is 2.31 bits per heavy atom. The van der Waals surface area contributed by atoms with Crippen molar-refractivity contribution >= 4 is 17.7 Å². The van der Waals surface area contributed by atoms with Crippen LogP contribution in [0.15, 0.2) is 0 Å². The van der Waals surface area contributed by atoms with E-state index in [-0.39, 0.29) is 18.2 Å². The van der Waals surface area contributed by atoms with Gasteiger partial charge in [-0.05, 0) is 13.8 Å². The quantitative estimate of drug-likeness (QED) is 0.561. The number of likely N-dealkylation sites (N-methyl/N-ethyl adjacent to an activating group) is 1. The van der Waals surface area contributed by atoms with Crippen molar-refractivity contribution < 1.29 is 14.4 Å². The van der Waals surface area contributed by atoms with Crippen LogP contribution in [0.4, 0.5) is 4.79 Å². The lowest BCUT2D eigenvalue weighted by Crippen LogP contribution is -2.35. The van der Waals surface area contributed by atoms with Gasteiger partial charge in [-0.25, -0.2) is 4.79 Å². The number of carbonyl (C=O) groups is 3. The van der Waals surface area contributed by atoms with Crippen molar-refractivity contribution in [2.24, 2.45) is 0 Å². The van der Waals surface area contributed by atoms with Crippen molar-refractivity contribution in [3.8, 4) is 0 Å². The van der Waals surface area contributed by atoms with E-state index in [0.717, 1.165) is 4.90 Å². The molecule has 1 rings (SSSR count). The fourth-order valence-corrected chi connectivity index (χ4v) is 1.21. The number of rotatable bonds is 2. The number of carbonyl (C=O) groups excluding carboxylic acids is 3. The van der Waals surface area contributed by atoms with E-state index in [4.69, 9.17) is 0 Å². The molecular weight excluding hydrogens is 172 g/mol. The standard InChI is InChI=1S/C8H12N2O3/c1-5(11)4-10-7(12)6(2)9(3)8(10)13/h6H,4H2,1-3H3. The Morgan fingerprint density at radius 1 is 1.46 bits per heavy atom. The summed E-state index contributed by atoms with van der Waals surface area (Å²) in [6.45, 7) is 2.87. The first-order valence-corrected chi connectivity index (χ1v) is 4.02. The first-order chi connectivity index (χ1) is 5.95. The molecule has 0 aromatic carbocycles. The minimum atomic E-state index is -0.452. The molecule has 1 atom stereocenters. The van der Waals surface area contributed by atoms with Gasteiger partial charge < -0.3 is 4.90 Å². The van der Waals surface area contributed by atoms with Crippen molar-refractivity contribution in [2.75, 3.05) is 13.6 Å². The van der Waals surface area contributed by atoms with Gasteiger partial charge in [-0.3, -0.25) is 14.5 Å². The Morgan fingerprint density at radius 2 is 2.00 bits per heavy atom. The average molecular weight is 184 g/mol. The minimum absolute atomic E-state index is 0.119. The van der Waals surface area contributed by atoms with E-state index in [1.807, 2.05) is 0 Å². The third-order valence-corrected chi connectivity index (χ3v) is 2.12. The molecule has 0 aromatic heterocycles. The third kappa shape index (κ3) is 1.54. The molecule has 1 saturated heterocycles. The van der Waals surface area contributed by atoms with Crippen LogP contribution in [-0.2, 0) is 9.59 Å². The van der Waals surface area contributed by atoms with Crippen LogP contribution < -0.4 is 0 Å². The summed E-state index contributed by atoms with van der Waals surface area (Å²) >= 11 is 0. The summed E-state index contributed by atoms with van der Waals surface area (Å²) in [5, 5.41) is 0. The number of urea groups is 1. The van der Waals surface area contributed by atoms with E-state index in [1.165, 1.54) is 11.8 Å². The second kappa shape index (κ2) is 3.16. The van der Waals surface area contributed by atoms with Gasteiger partial charge in [-0.2, -0.15) is 0 Å². The Hall–Kier alpha value is -1.39. The molecule has 0 aliphatic carbocycles. The van der Waals surface area contributed by atoms with E-state index >= 15 is 0 Å². The second-order valence-electron chi connectivity index (χ2n) is 3.20.